The zero-order valence-electron chi connectivity index (χ0n) is 18.9. The standard InChI is InChI=1S/C25H29N3O5/c1-16-19(14-27-23(30)21-6-5-11-32-21)18-7-10-28(15-17(18)13-26-16)24(31)20-12-22(29)33-25(20)8-3-2-4-9-25/h5-6,11,13,20H,2-4,7-10,12,14-15H2,1H3,(H,27,30). The highest BCUT2D eigenvalue weighted by Crippen LogP contribution is 2.45. The first-order valence-corrected chi connectivity index (χ1v) is 11.8. The number of fused-ring (bicyclic) bond motifs is 1. The van der Waals surface area contributed by atoms with Gasteiger partial charge in [-0.15, -0.1) is 0 Å². The zero-order valence-corrected chi connectivity index (χ0v) is 18.9. The number of rotatable bonds is 4. The van der Waals surface area contributed by atoms with E-state index in [-0.39, 0.29) is 30.0 Å². The normalized spacial score (nSPS) is 21.5. The highest BCUT2D eigenvalue weighted by molar-refractivity contribution is 5.91. The Morgan fingerprint density at radius 3 is 2.85 bits per heavy atom. The number of hydrogen-bond donors (Lipinski definition) is 1. The molecule has 1 unspecified atom stereocenters. The van der Waals surface area contributed by atoms with E-state index in [1.165, 1.54) is 6.26 Å². The summed E-state index contributed by atoms with van der Waals surface area (Å²) < 4.78 is 10.9. The number of hydrogen-bond acceptors (Lipinski definition) is 6. The second-order valence-electron chi connectivity index (χ2n) is 9.35. The van der Waals surface area contributed by atoms with E-state index < -0.39 is 11.5 Å². The minimum absolute atomic E-state index is 0.0154. The van der Waals surface area contributed by atoms with Crippen molar-refractivity contribution in [2.75, 3.05) is 6.54 Å². The largest absolute Gasteiger partial charge is 0.459 e. The summed E-state index contributed by atoms with van der Waals surface area (Å²) in [6.07, 6.45) is 8.84. The van der Waals surface area contributed by atoms with Gasteiger partial charge in [0.25, 0.3) is 5.91 Å². The molecule has 5 rings (SSSR count). The molecule has 1 saturated heterocycles. The van der Waals surface area contributed by atoms with E-state index in [1.807, 2.05) is 18.0 Å². The van der Waals surface area contributed by atoms with Crippen LogP contribution in [-0.2, 0) is 33.8 Å². The van der Waals surface area contributed by atoms with Gasteiger partial charge in [-0.05, 0) is 67.9 Å². The molecule has 1 spiro atoms. The van der Waals surface area contributed by atoms with Crippen molar-refractivity contribution in [2.45, 2.75) is 70.6 Å². The molecular formula is C25H29N3O5. The van der Waals surface area contributed by atoms with Gasteiger partial charge < -0.3 is 19.4 Å². The van der Waals surface area contributed by atoms with E-state index in [2.05, 4.69) is 10.3 Å². The van der Waals surface area contributed by atoms with Crippen molar-refractivity contribution < 1.29 is 23.5 Å². The van der Waals surface area contributed by atoms with E-state index in [4.69, 9.17) is 9.15 Å². The lowest BCUT2D eigenvalue weighted by Crippen LogP contribution is -2.48. The van der Waals surface area contributed by atoms with Crippen molar-refractivity contribution in [1.29, 1.82) is 0 Å². The summed E-state index contributed by atoms with van der Waals surface area (Å²) in [5.74, 6) is -0.626. The zero-order chi connectivity index (χ0) is 23.0. The molecule has 3 aliphatic rings. The van der Waals surface area contributed by atoms with Crippen molar-refractivity contribution in [3.05, 3.63) is 52.7 Å². The number of carbonyl (C=O) groups excluding carboxylic acids is 3. The third kappa shape index (κ3) is 4.03. The fourth-order valence-electron chi connectivity index (χ4n) is 5.63. The van der Waals surface area contributed by atoms with Crippen LogP contribution in [0.1, 0.15) is 71.5 Å². The molecule has 33 heavy (non-hydrogen) atoms. The molecule has 2 amide bonds. The van der Waals surface area contributed by atoms with E-state index in [0.29, 0.717) is 26.1 Å². The number of amides is 2. The molecule has 1 aliphatic carbocycles. The summed E-state index contributed by atoms with van der Waals surface area (Å²) in [7, 11) is 0. The number of ether oxygens (including phenoxy) is 1. The summed E-state index contributed by atoms with van der Waals surface area (Å²) >= 11 is 0. The molecule has 8 heteroatoms. The highest BCUT2D eigenvalue weighted by Gasteiger charge is 2.54. The Morgan fingerprint density at radius 1 is 1.27 bits per heavy atom. The summed E-state index contributed by atoms with van der Waals surface area (Å²) in [4.78, 5) is 44.4. The summed E-state index contributed by atoms with van der Waals surface area (Å²) in [5, 5.41) is 2.91. The Labute approximate surface area is 192 Å². The Morgan fingerprint density at radius 2 is 2.09 bits per heavy atom. The van der Waals surface area contributed by atoms with Crippen LogP contribution in [0.25, 0.3) is 0 Å². The van der Waals surface area contributed by atoms with Crippen LogP contribution in [0.15, 0.2) is 29.0 Å². The van der Waals surface area contributed by atoms with Gasteiger partial charge in [-0.25, -0.2) is 0 Å². The number of nitrogens with one attached hydrogen (secondary N) is 1. The van der Waals surface area contributed by atoms with Crippen LogP contribution in [0.5, 0.6) is 0 Å². The van der Waals surface area contributed by atoms with Crippen LogP contribution in [0.4, 0.5) is 0 Å². The molecule has 0 aromatic carbocycles. The van der Waals surface area contributed by atoms with Crippen molar-refractivity contribution in [3.63, 3.8) is 0 Å². The first kappa shape index (κ1) is 21.7. The van der Waals surface area contributed by atoms with Gasteiger partial charge in [0.05, 0.1) is 18.6 Å². The lowest BCUT2D eigenvalue weighted by atomic mass is 9.75. The van der Waals surface area contributed by atoms with Crippen LogP contribution in [0.2, 0.25) is 0 Å². The molecular weight excluding hydrogens is 422 g/mol. The van der Waals surface area contributed by atoms with Crippen LogP contribution < -0.4 is 5.32 Å². The number of nitrogens with zero attached hydrogens (tertiary/aromatic N) is 2. The van der Waals surface area contributed by atoms with Gasteiger partial charge >= 0.3 is 5.97 Å². The molecule has 1 N–H and O–H groups in total. The molecule has 0 radical (unpaired) electrons. The van der Waals surface area contributed by atoms with Crippen LogP contribution in [0.3, 0.4) is 0 Å². The monoisotopic (exact) mass is 451 g/mol. The first-order valence-electron chi connectivity index (χ1n) is 11.8. The van der Waals surface area contributed by atoms with Gasteiger partial charge in [0.2, 0.25) is 5.91 Å². The smallest absolute Gasteiger partial charge is 0.307 e. The number of carbonyl (C=O) groups is 3. The quantitative estimate of drug-likeness (QED) is 0.717. The predicted molar refractivity (Wildman–Crippen MR) is 118 cm³/mol. The lowest BCUT2D eigenvalue weighted by molar-refractivity contribution is -0.156. The van der Waals surface area contributed by atoms with E-state index >= 15 is 0 Å². The molecule has 8 nitrogen and oxygen atoms in total. The van der Waals surface area contributed by atoms with Gasteiger partial charge in [-0.2, -0.15) is 0 Å². The number of esters is 1. The predicted octanol–water partition coefficient (Wildman–Crippen LogP) is 3.06. The van der Waals surface area contributed by atoms with Gasteiger partial charge in [-0.3, -0.25) is 19.4 Å². The van der Waals surface area contributed by atoms with Gasteiger partial charge in [0.15, 0.2) is 5.76 Å². The van der Waals surface area contributed by atoms with Crippen LogP contribution >= 0.6 is 0 Å². The molecule has 2 aromatic rings. The van der Waals surface area contributed by atoms with E-state index in [0.717, 1.165) is 54.5 Å². The summed E-state index contributed by atoms with van der Waals surface area (Å²) in [5.41, 5.74) is 3.37. The number of aromatic nitrogens is 1. The average Bonchev–Trinajstić information content (AvgIpc) is 3.46. The molecule has 2 fully saturated rings. The lowest BCUT2D eigenvalue weighted by Gasteiger charge is -2.39. The molecule has 1 saturated carbocycles. The van der Waals surface area contributed by atoms with Gasteiger partial charge in [0.1, 0.15) is 5.60 Å². The van der Waals surface area contributed by atoms with Crippen LogP contribution in [-0.4, -0.2) is 39.8 Å². The second-order valence-corrected chi connectivity index (χ2v) is 9.35. The second kappa shape index (κ2) is 8.65. The van der Waals surface area contributed by atoms with Crippen molar-refractivity contribution in [2.24, 2.45) is 5.92 Å². The van der Waals surface area contributed by atoms with E-state index in [1.54, 1.807) is 12.1 Å². The fraction of sp³-hybridized carbons (Fsp3) is 0.520. The highest BCUT2D eigenvalue weighted by atomic mass is 16.6. The van der Waals surface area contributed by atoms with Crippen molar-refractivity contribution >= 4 is 17.8 Å². The average molecular weight is 452 g/mol. The molecule has 0 bridgehead atoms. The molecule has 4 heterocycles. The molecule has 1 atom stereocenters. The molecule has 174 valence electrons. The topological polar surface area (TPSA) is 102 Å². The Bertz CT molecular complexity index is 1070. The maximum Gasteiger partial charge on any atom is 0.307 e. The SMILES string of the molecule is Cc1ncc2c(c1CNC(=O)c1ccco1)CCN(C(=O)C1CC(=O)OC13CCCCC3)C2. The third-order valence-corrected chi connectivity index (χ3v) is 7.40. The van der Waals surface area contributed by atoms with Crippen LogP contribution in [0, 0.1) is 12.8 Å². The first-order chi connectivity index (χ1) is 16.0. The Kier molecular flexibility index (Phi) is 5.68. The van der Waals surface area contributed by atoms with Crippen molar-refractivity contribution in [1.82, 2.24) is 15.2 Å². The van der Waals surface area contributed by atoms with Gasteiger partial charge in [0, 0.05) is 31.5 Å². The molecule has 2 aromatic heterocycles. The third-order valence-electron chi connectivity index (χ3n) is 7.40. The summed E-state index contributed by atoms with van der Waals surface area (Å²) in [6, 6.07) is 3.30. The Hall–Kier alpha value is -3.16. The number of aryl methyl sites for hydroxylation is 1. The van der Waals surface area contributed by atoms with Crippen molar-refractivity contribution in [3.8, 4) is 0 Å². The fourth-order valence-corrected chi connectivity index (χ4v) is 5.63. The molecule has 2 aliphatic heterocycles. The maximum atomic E-state index is 13.5. The van der Waals surface area contributed by atoms with E-state index in [9.17, 15) is 14.4 Å². The number of pyridine rings is 1. The summed E-state index contributed by atoms with van der Waals surface area (Å²) in [6.45, 7) is 3.32. The Balaban J connectivity index is 1.32. The maximum absolute atomic E-state index is 13.5. The van der Waals surface area contributed by atoms with Gasteiger partial charge in [-0.1, -0.05) is 6.42 Å². The number of furan rings is 1. The minimum Gasteiger partial charge on any atom is -0.459 e. The minimum atomic E-state index is -0.612.